The Morgan fingerprint density at radius 2 is 1.48 bits per heavy atom. The summed E-state index contributed by atoms with van der Waals surface area (Å²) in [5.74, 6) is -0.798. The number of benzene rings is 2. The number of nitrogens with one attached hydrogen (secondary N) is 2. The molecule has 2 atom stereocenters. The lowest BCUT2D eigenvalue weighted by Crippen LogP contribution is -2.21. The quantitative estimate of drug-likeness (QED) is 0.848. The molecular weight excluding hydrogens is 336 g/mol. The van der Waals surface area contributed by atoms with E-state index in [2.05, 4.69) is 10.6 Å². The minimum atomic E-state index is -0.289. The van der Waals surface area contributed by atoms with E-state index in [1.807, 2.05) is 45.0 Å². The molecule has 1 aliphatic carbocycles. The van der Waals surface area contributed by atoms with Gasteiger partial charge < -0.3 is 10.6 Å². The molecule has 1 aliphatic rings. The molecule has 0 saturated heterocycles. The van der Waals surface area contributed by atoms with Gasteiger partial charge in [-0.05, 0) is 56.0 Å². The first-order chi connectivity index (χ1) is 11.9. The maximum atomic E-state index is 12.5. The van der Waals surface area contributed by atoms with Gasteiger partial charge in [0, 0.05) is 16.4 Å². The van der Waals surface area contributed by atoms with Crippen LogP contribution in [-0.2, 0) is 9.59 Å². The average Bonchev–Trinajstić information content (AvgIpc) is 3.36. The minimum Gasteiger partial charge on any atom is -0.326 e. The lowest BCUT2D eigenvalue weighted by molar-refractivity contribution is -0.122. The lowest BCUT2D eigenvalue weighted by Gasteiger charge is -2.12. The average molecular weight is 357 g/mol. The summed E-state index contributed by atoms with van der Waals surface area (Å²) in [6.45, 7) is 5.78. The monoisotopic (exact) mass is 356 g/mol. The van der Waals surface area contributed by atoms with E-state index in [0.29, 0.717) is 17.1 Å². The third kappa shape index (κ3) is 3.69. The van der Waals surface area contributed by atoms with Crippen molar-refractivity contribution in [1.29, 1.82) is 0 Å². The number of rotatable bonds is 4. The Morgan fingerprint density at radius 3 is 2.12 bits per heavy atom. The van der Waals surface area contributed by atoms with Gasteiger partial charge in [-0.1, -0.05) is 35.9 Å². The maximum Gasteiger partial charge on any atom is 0.228 e. The SMILES string of the molecule is Cc1cccc(C)c1NC(=O)C1CC1C(=O)Nc1cccc(Cl)c1C. The molecule has 130 valence electrons. The highest BCUT2D eigenvalue weighted by atomic mass is 35.5. The van der Waals surface area contributed by atoms with Crippen molar-refractivity contribution in [3.05, 3.63) is 58.1 Å². The van der Waals surface area contributed by atoms with Crippen molar-refractivity contribution in [2.24, 2.45) is 11.8 Å². The van der Waals surface area contributed by atoms with Crippen LogP contribution in [0, 0.1) is 32.6 Å². The molecule has 2 aromatic rings. The normalized spacial score (nSPS) is 18.6. The van der Waals surface area contributed by atoms with Gasteiger partial charge in [-0.3, -0.25) is 9.59 Å². The highest BCUT2D eigenvalue weighted by molar-refractivity contribution is 6.31. The van der Waals surface area contributed by atoms with Crippen molar-refractivity contribution in [1.82, 2.24) is 0 Å². The van der Waals surface area contributed by atoms with Crippen LogP contribution in [0.4, 0.5) is 11.4 Å². The number of aryl methyl sites for hydroxylation is 2. The molecule has 0 aliphatic heterocycles. The molecule has 0 bridgehead atoms. The predicted octanol–water partition coefficient (Wildman–Crippen LogP) is 4.48. The summed E-state index contributed by atoms with van der Waals surface area (Å²) in [6.07, 6.45) is 0.572. The first-order valence-corrected chi connectivity index (χ1v) is 8.69. The second kappa shape index (κ2) is 6.89. The second-order valence-corrected chi connectivity index (χ2v) is 7.01. The number of hydrogen-bond acceptors (Lipinski definition) is 2. The zero-order valence-corrected chi connectivity index (χ0v) is 15.3. The highest BCUT2D eigenvalue weighted by Gasteiger charge is 2.48. The fourth-order valence-electron chi connectivity index (χ4n) is 2.97. The van der Waals surface area contributed by atoms with Crippen LogP contribution < -0.4 is 10.6 Å². The Morgan fingerprint density at radius 1 is 0.920 bits per heavy atom. The molecular formula is C20H21ClN2O2. The van der Waals surface area contributed by atoms with Crippen molar-refractivity contribution in [2.45, 2.75) is 27.2 Å². The largest absolute Gasteiger partial charge is 0.326 e. The summed E-state index contributed by atoms with van der Waals surface area (Å²) in [6, 6.07) is 11.3. The van der Waals surface area contributed by atoms with E-state index >= 15 is 0 Å². The summed E-state index contributed by atoms with van der Waals surface area (Å²) >= 11 is 6.08. The molecule has 1 saturated carbocycles. The molecule has 0 heterocycles. The number of amides is 2. The number of para-hydroxylation sites is 1. The standard InChI is InChI=1S/C20H21ClN2O2/c1-11-6-4-7-12(2)18(11)23-20(25)15-10-14(15)19(24)22-17-9-5-8-16(21)13(17)3/h4-9,14-15H,10H2,1-3H3,(H,22,24)(H,23,25). The molecule has 4 nitrogen and oxygen atoms in total. The fraction of sp³-hybridized carbons (Fsp3) is 0.300. The van der Waals surface area contributed by atoms with Gasteiger partial charge in [-0.15, -0.1) is 0 Å². The molecule has 0 radical (unpaired) electrons. The van der Waals surface area contributed by atoms with E-state index in [4.69, 9.17) is 11.6 Å². The molecule has 5 heteroatoms. The summed E-state index contributed by atoms with van der Waals surface area (Å²) < 4.78 is 0. The Balaban J connectivity index is 1.63. The number of hydrogen-bond donors (Lipinski definition) is 2. The molecule has 1 fully saturated rings. The summed E-state index contributed by atoms with van der Waals surface area (Å²) in [5.41, 5.74) is 4.39. The topological polar surface area (TPSA) is 58.2 Å². The second-order valence-electron chi connectivity index (χ2n) is 6.61. The van der Waals surface area contributed by atoms with Gasteiger partial charge in [0.2, 0.25) is 11.8 Å². The number of halogens is 1. The van der Waals surface area contributed by atoms with E-state index in [1.54, 1.807) is 12.1 Å². The minimum absolute atomic E-state index is 0.0969. The van der Waals surface area contributed by atoms with Crippen LogP contribution in [-0.4, -0.2) is 11.8 Å². The Labute approximate surface area is 152 Å². The predicted molar refractivity (Wildman–Crippen MR) is 101 cm³/mol. The Kier molecular flexibility index (Phi) is 4.82. The zero-order valence-electron chi connectivity index (χ0n) is 14.5. The maximum absolute atomic E-state index is 12.5. The van der Waals surface area contributed by atoms with Crippen LogP contribution in [0.5, 0.6) is 0 Å². The van der Waals surface area contributed by atoms with Gasteiger partial charge in [-0.2, -0.15) is 0 Å². The van der Waals surface area contributed by atoms with E-state index in [9.17, 15) is 9.59 Å². The van der Waals surface area contributed by atoms with Gasteiger partial charge in [0.25, 0.3) is 0 Å². The molecule has 2 amide bonds. The number of anilines is 2. The first-order valence-electron chi connectivity index (χ1n) is 8.31. The summed E-state index contributed by atoms with van der Waals surface area (Å²) in [5, 5.41) is 6.46. The van der Waals surface area contributed by atoms with Crippen LogP contribution in [0.2, 0.25) is 5.02 Å². The Hall–Kier alpha value is -2.33. The zero-order chi connectivity index (χ0) is 18.1. The number of carbonyl (C=O) groups excluding carboxylic acids is 2. The third-order valence-corrected chi connectivity index (χ3v) is 5.13. The molecule has 0 aromatic heterocycles. The van der Waals surface area contributed by atoms with Gasteiger partial charge in [0.05, 0.1) is 11.8 Å². The lowest BCUT2D eigenvalue weighted by atomic mass is 10.1. The Bertz CT molecular complexity index is 827. The number of carbonyl (C=O) groups is 2. The van der Waals surface area contributed by atoms with E-state index < -0.39 is 0 Å². The molecule has 2 N–H and O–H groups in total. The van der Waals surface area contributed by atoms with Crippen LogP contribution in [0.3, 0.4) is 0 Å². The molecule has 3 rings (SSSR count). The van der Waals surface area contributed by atoms with Crippen LogP contribution in [0.15, 0.2) is 36.4 Å². The van der Waals surface area contributed by atoms with Crippen LogP contribution in [0.25, 0.3) is 0 Å². The van der Waals surface area contributed by atoms with Crippen molar-refractivity contribution >= 4 is 34.8 Å². The molecule has 0 spiro atoms. The van der Waals surface area contributed by atoms with Crippen LogP contribution >= 0.6 is 11.6 Å². The third-order valence-electron chi connectivity index (χ3n) is 4.72. The van der Waals surface area contributed by atoms with E-state index in [0.717, 1.165) is 22.4 Å². The van der Waals surface area contributed by atoms with E-state index in [1.165, 1.54) is 0 Å². The molecule has 2 aromatic carbocycles. The van der Waals surface area contributed by atoms with E-state index in [-0.39, 0.29) is 23.7 Å². The van der Waals surface area contributed by atoms with Crippen molar-refractivity contribution in [3.8, 4) is 0 Å². The first kappa shape index (κ1) is 17.5. The van der Waals surface area contributed by atoms with Crippen molar-refractivity contribution < 1.29 is 9.59 Å². The highest BCUT2D eigenvalue weighted by Crippen LogP contribution is 2.41. The van der Waals surface area contributed by atoms with Crippen molar-refractivity contribution in [3.63, 3.8) is 0 Å². The van der Waals surface area contributed by atoms with Crippen LogP contribution in [0.1, 0.15) is 23.1 Å². The molecule has 25 heavy (non-hydrogen) atoms. The molecule has 2 unspecified atom stereocenters. The van der Waals surface area contributed by atoms with Crippen molar-refractivity contribution in [2.75, 3.05) is 10.6 Å². The smallest absolute Gasteiger partial charge is 0.228 e. The van der Waals surface area contributed by atoms with Gasteiger partial charge in [0.1, 0.15) is 0 Å². The summed E-state index contributed by atoms with van der Waals surface area (Å²) in [7, 11) is 0. The van der Waals surface area contributed by atoms with Gasteiger partial charge in [-0.25, -0.2) is 0 Å². The van der Waals surface area contributed by atoms with Gasteiger partial charge >= 0.3 is 0 Å². The van der Waals surface area contributed by atoms with Gasteiger partial charge in [0.15, 0.2) is 0 Å². The fourth-order valence-corrected chi connectivity index (χ4v) is 3.14. The summed E-state index contributed by atoms with van der Waals surface area (Å²) in [4.78, 5) is 24.9.